The van der Waals surface area contributed by atoms with Crippen LogP contribution in [0.2, 0.25) is 0 Å². The van der Waals surface area contributed by atoms with Gasteiger partial charge in [-0.15, -0.1) is 0 Å². The molecule has 0 radical (unpaired) electrons. The Labute approximate surface area is 201 Å². The lowest BCUT2D eigenvalue weighted by Gasteiger charge is -2.15. The molecule has 11 heteroatoms. The number of anilines is 3. The van der Waals surface area contributed by atoms with E-state index in [0.717, 1.165) is 0 Å². The van der Waals surface area contributed by atoms with E-state index in [1.165, 1.54) is 45.6 Å². The van der Waals surface area contributed by atoms with Crippen molar-refractivity contribution in [3.63, 3.8) is 0 Å². The topological polar surface area (TPSA) is 129 Å². The first kappa shape index (κ1) is 23.8. The number of aromatic nitrogens is 2. The highest BCUT2D eigenvalue weighted by atomic mass is 32.2. The van der Waals surface area contributed by atoms with Gasteiger partial charge in [0.2, 0.25) is 0 Å². The minimum atomic E-state index is -4.07. The molecular formula is C24H22N4O6S. The summed E-state index contributed by atoms with van der Waals surface area (Å²) in [5.41, 5.74) is 1.84. The van der Waals surface area contributed by atoms with Crippen LogP contribution in [0.15, 0.2) is 71.6 Å². The number of esters is 1. The Balaban J connectivity index is 1.74. The second-order valence-electron chi connectivity index (χ2n) is 7.26. The lowest BCUT2D eigenvalue weighted by Crippen LogP contribution is -2.16. The van der Waals surface area contributed by atoms with Crippen molar-refractivity contribution in [2.45, 2.75) is 4.90 Å². The van der Waals surface area contributed by atoms with Crippen LogP contribution >= 0.6 is 0 Å². The first-order chi connectivity index (χ1) is 16.8. The monoisotopic (exact) mass is 494 g/mol. The maximum atomic E-state index is 13.1. The van der Waals surface area contributed by atoms with Crippen LogP contribution in [0.5, 0.6) is 11.5 Å². The predicted octanol–water partition coefficient (Wildman–Crippen LogP) is 3.98. The number of rotatable bonds is 8. The van der Waals surface area contributed by atoms with Gasteiger partial charge in [-0.3, -0.25) is 4.72 Å². The Kier molecular flexibility index (Phi) is 6.69. The van der Waals surface area contributed by atoms with Crippen LogP contribution in [0.25, 0.3) is 11.0 Å². The smallest absolute Gasteiger partial charge is 0.337 e. The van der Waals surface area contributed by atoms with E-state index in [1.54, 1.807) is 36.4 Å². The second kappa shape index (κ2) is 9.85. The standard InChI is InChI=1S/C24H22N4O6S/c1-32-17-12-16(13-18(14-17)33-2)25-22-23(27-21-7-5-4-6-20(21)26-22)28-35(30,31)19-10-8-15(9-11-19)24(29)34-3/h4-14H,1-3H3,(H,25,26)(H,27,28). The van der Waals surface area contributed by atoms with Gasteiger partial charge in [-0.2, -0.15) is 0 Å². The molecule has 4 rings (SSSR count). The van der Waals surface area contributed by atoms with Crippen molar-refractivity contribution in [2.75, 3.05) is 31.4 Å². The highest BCUT2D eigenvalue weighted by Gasteiger charge is 2.20. The van der Waals surface area contributed by atoms with Crippen molar-refractivity contribution in [1.29, 1.82) is 0 Å². The number of sulfonamides is 1. The summed E-state index contributed by atoms with van der Waals surface area (Å²) in [5.74, 6) is 0.667. The van der Waals surface area contributed by atoms with E-state index in [0.29, 0.717) is 28.2 Å². The Morgan fingerprint density at radius 2 is 1.37 bits per heavy atom. The normalized spacial score (nSPS) is 11.1. The molecule has 4 aromatic rings. The Bertz CT molecular complexity index is 1470. The highest BCUT2D eigenvalue weighted by Crippen LogP contribution is 2.31. The fourth-order valence-electron chi connectivity index (χ4n) is 3.25. The summed E-state index contributed by atoms with van der Waals surface area (Å²) in [6, 6.07) is 17.6. The van der Waals surface area contributed by atoms with Gasteiger partial charge in [0.05, 0.1) is 42.8 Å². The van der Waals surface area contributed by atoms with Crippen LogP contribution in [-0.4, -0.2) is 45.7 Å². The molecule has 1 aromatic heterocycles. The molecule has 0 aliphatic carbocycles. The molecule has 2 N–H and O–H groups in total. The Morgan fingerprint density at radius 3 is 1.91 bits per heavy atom. The van der Waals surface area contributed by atoms with Gasteiger partial charge in [-0.1, -0.05) is 12.1 Å². The summed E-state index contributed by atoms with van der Waals surface area (Å²) in [5, 5.41) is 3.10. The van der Waals surface area contributed by atoms with Crippen LogP contribution in [-0.2, 0) is 14.8 Å². The molecule has 0 bridgehead atoms. The molecule has 0 atom stereocenters. The van der Waals surface area contributed by atoms with E-state index >= 15 is 0 Å². The molecule has 0 fully saturated rings. The molecule has 0 spiro atoms. The summed E-state index contributed by atoms with van der Waals surface area (Å²) >= 11 is 0. The van der Waals surface area contributed by atoms with Crippen LogP contribution < -0.4 is 19.5 Å². The first-order valence-electron chi connectivity index (χ1n) is 10.3. The number of benzene rings is 3. The van der Waals surface area contributed by atoms with Crippen molar-refractivity contribution in [2.24, 2.45) is 0 Å². The van der Waals surface area contributed by atoms with E-state index < -0.39 is 16.0 Å². The van der Waals surface area contributed by atoms with E-state index in [-0.39, 0.29) is 22.1 Å². The van der Waals surface area contributed by atoms with Crippen molar-refractivity contribution >= 4 is 44.3 Å². The average Bonchev–Trinajstić information content (AvgIpc) is 2.88. The third kappa shape index (κ3) is 5.25. The van der Waals surface area contributed by atoms with Crippen LogP contribution in [0, 0.1) is 0 Å². The molecular weight excluding hydrogens is 472 g/mol. The minimum absolute atomic E-state index is 0.0115. The lowest BCUT2D eigenvalue weighted by atomic mass is 10.2. The van der Waals surface area contributed by atoms with Crippen molar-refractivity contribution in [1.82, 2.24) is 9.97 Å². The van der Waals surface area contributed by atoms with E-state index in [2.05, 4.69) is 24.7 Å². The van der Waals surface area contributed by atoms with Gasteiger partial charge in [-0.05, 0) is 36.4 Å². The fourth-order valence-corrected chi connectivity index (χ4v) is 4.26. The van der Waals surface area contributed by atoms with Crippen molar-refractivity contribution in [3.05, 3.63) is 72.3 Å². The summed E-state index contributed by atoms with van der Waals surface area (Å²) in [6.07, 6.45) is 0. The second-order valence-corrected chi connectivity index (χ2v) is 8.94. The van der Waals surface area contributed by atoms with Gasteiger partial charge in [-0.25, -0.2) is 23.2 Å². The Hall–Kier alpha value is -4.38. The predicted molar refractivity (Wildman–Crippen MR) is 131 cm³/mol. The molecule has 1 heterocycles. The maximum Gasteiger partial charge on any atom is 0.337 e. The fraction of sp³-hybridized carbons (Fsp3) is 0.125. The number of hydrogen-bond acceptors (Lipinski definition) is 9. The molecule has 0 aliphatic rings. The van der Waals surface area contributed by atoms with Gasteiger partial charge in [0.25, 0.3) is 10.0 Å². The molecule has 0 saturated heterocycles. The molecule has 35 heavy (non-hydrogen) atoms. The van der Waals surface area contributed by atoms with Crippen LogP contribution in [0.4, 0.5) is 17.3 Å². The summed E-state index contributed by atoms with van der Waals surface area (Å²) in [4.78, 5) is 20.6. The third-order valence-electron chi connectivity index (χ3n) is 5.00. The number of nitrogens with zero attached hydrogens (tertiary/aromatic N) is 2. The number of carbonyl (C=O) groups is 1. The molecule has 0 unspecified atom stereocenters. The number of methoxy groups -OCH3 is 3. The summed E-state index contributed by atoms with van der Waals surface area (Å²) < 4.78 is 44.0. The Morgan fingerprint density at radius 1 is 0.800 bits per heavy atom. The first-order valence-corrected chi connectivity index (χ1v) is 11.8. The number of fused-ring (bicyclic) bond motifs is 1. The lowest BCUT2D eigenvalue weighted by molar-refractivity contribution is 0.0600. The average molecular weight is 495 g/mol. The van der Waals surface area contributed by atoms with Gasteiger partial charge in [0, 0.05) is 23.9 Å². The zero-order valence-corrected chi connectivity index (χ0v) is 19.9. The molecule has 0 aliphatic heterocycles. The number of hydrogen-bond donors (Lipinski definition) is 2. The summed E-state index contributed by atoms with van der Waals surface area (Å²) in [7, 11) is 0.238. The summed E-state index contributed by atoms with van der Waals surface area (Å²) in [6.45, 7) is 0. The van der Waals surface area contributed by atoms with Gasteiger partial charge < -0.3 is 19.5 Å². The number of para-hydroxylation sites is 2. The van der Waals surface area contributed by atoms with Gasteiger partial charge in [0.1, 0.15) is 11.5 Å². The van der Waals surface area contributed by atoms with E-state index in [9.17, 15) is 13.2 Å². The third-order valence-corrected chi connectivity index (χ3v) is 6.36. The quantitative estimate of drug-likeness (QED) is 0.349. The van der Waals surface area contributed by atoms with E-state index in [4.69, 9.17) is 9.47 Å². The van der Waals surface area contributed by atoms with Crippen LogP contribution in [0.1, 0.15) is 10.4 Å². The number of ether oxygens (including phenoxy) is 3. The molecule has 10 nitrogen and oxygen atoms in total. The molecule has 0 amide bonds. The largest absolute Gasteiger partial charge is 0.497 e. The number of carbonyl (C=O) groups excluding carboxylic acids is 1. The zero-order chi connectivity index (χ0) is 25.0. The molecule has 180 valence electrons. The van der Waals surface area contributed by atoms with Crippen molar-refractivity contribution < 1.29 is 27.4 Å². The molecule has 0 saturated carbocycles. The highest BCUT2D eigenvalue weighted by molar-refractivity contribution is 7.92. The number of nitrogens with one attached hydrogen (secondary N) is 2. The molecule has 3 aromatic carbocycles. The van der Waals surface area contributed by atoms with E-state index in [1.807, 2.05) is 6.07 Å². The van der Waals surface area contributed by atoms with Gasteiger partial charge >= 0.3 is 5.97 Å². The maximum absolute atomic E-state index is 13.1. The zero-order valence-electron chi connectivity index (χ0n) is 19.1. The van der Waals surface area contributed by atoms with Gasteiger partial charge in [0.15, 0.2) is 11.6 Å². The van der Waals surface area contributed by atoms with Crippen LogP contribution in [0.3, 0.4) is 0 Å². The van der Waals surface area contributed by atoms with Crippen molar-refractivity contribution in [3.8, 4) is 11.5 Å². The minimum Gasteiger partial charge on any atom is -0.497 e. The SMILES string of the molecule is COC(=O)c1ccc(S(=O)(=O)Nc2nc3ccccc3nc2Nc2cc(OC)cc(OC)c2)cc1.